The second-order valence-electron chi connectivity index (χ2n) is 5.42. The first kappa shape index (κ1) is 20.1. The number of amides is 2. The predicted molar refractivity (Wildman–Crippen MR) is 86.7 cm³/mol. The summed E-state index contributed by atoms with van der Waals surface area (Å²) in [5.41, 5.74) is 0. The minimum atomic E-state index is -0.0871. The van der Waals surface area contributed by atoms with Crippen molar-refractivity contribution < 1.29 is 9.59 Å². The number of likely N-dealkylation sites (tertiary alicyclic amines) is 1. The molecule has 1 aliphatic rings. The third-order valence-corrected chi connectivity index (χ3v) is 3.66. The summed E-state index contributed by atoms with van der Waals surface area (Å²) in [6.07, 6.45) is 3.18. The zero-order chi connectivity index (χ0) is 15.0. The van der Waals surface area contributed by atoms with Crippen LogP contribution in [0.5, 0.6) is 0 Å². The number of hydrogen-bond acceptors (Lipinski definition) is 4. The van der Waals surface area contributed by atoms with Gasteiger partial charge in [0.2, 0.25) is 11.8 Å². The van der Waals surface area contributed by atoms with Gasteiger partial charge in [-0.3, -0.25) is 14.5 Å². The molecule has 1 rings (SSSR count). The molecule has 0 aromatic rings. The van der Waals surface area contributed by atoms with E-state index >= 15 is 0 Å². The number of nitrogens with one attached hydrogen (secondary N) is 2. The molecule has 7 heteroatoms. The molecule has 0 bridgehead atoms. The molecule has 0 aromatic carbocycles. The lowest BCUT2D eigenvalue weighted by Gasteiger charge is -2.26. The van der Waals surface area contributed by atoms with Gasteiger partial charge in [0, 0.05) is 26.2 Å². The molecule has 2 N–H and O–H groups in total. The van der Waals surface area contributed by atoms with Crippen LogP contribution in [0.4, 0.5) is 0 Å². The summed E-state index contributed by atoms with van der Waals surface area (Å²) < 4.78 is 0. The average molecular weight is 321 g/mol. The predicted octanol–water partition coefficient (Wildman–Crippen LogP) is 0.0766. The highest BCUT2D eigenvalue weighted by atomic mass is 35.5. The fourth-order valence-electron chi connectivity index (χ4n) is 2.49. The normalized spacial score (nSPS) is 18.1. The molecule has 1 fully saturated rings. The highest BCUT2D eigenvalue weighted by molar-refractivity contribution is 5.85. The summed E-state index contributed by atoms with van der Waals surface area (Å²) in [6, 6.07) is 0.436. The lowest BCUT2D eigenvalue weighted by Crippen LogP contribution is -2.46. The van der Waals surface area contributed by atoms with Gasteiger partial charge in [-0.1, -0.05) is 6.92 Å². The van der Waals surface area contributed by atoms with Crippen LogP contribution in [0.25, 0.3) is 0 Å². The molecular weight excluding hydrogens is 292 g/mol. The van der Waals surface area contributed by atoms with Crippen LogP contribution in [0, 0.1) is 0 Å². The van der Waals surface area contributed by atoms with Crippen LogP contribution in [0.2, 0.25) is 0 Å². The Morgan fingerprint density at radius 1 is 1.38 bits per heavy atom. The molecule has 1 heterocycles. The van der Waals surface area contributed by atoms with Gasteiger partial charge in [0.1, 0.15) is 0 Å². The van der Waals surface area contributed by atoms with E-state index in [-0.39, 0.29) is 30.8 Å². The van der Waals surface area contributed by atoms with Gasteiger partial charge in [0.25, 0.3) is 0 Å². The van der Waals surface area contributed by atoms with E-state index in [0.29, 0.717) is 19.1 Å². The van der Waals surface area contributed by atoms with Gasteiger partial charge in [-0.15, -0.1) is 12.4 Å². The number of halogens is 1. The van der Waals surface area contributed by atoms with Crippen molar-refractivity contribution in [1.82, 2.24) is 20.4 Å². The van der Waals surface area contributed by atoms with Crippen molar-refractivity contribution in [2.75, 3.05) is 46.8 Å². The van der Waals surface area contributed by atoms with E-state index in [4.69, 9.17) is 0 Å². The van der Waals surface area contributed by atoms with E-state index in [2.05, 4.69) is 15.5 Å². The Bertz CT molecular complexity index is 328. The molecule has 6 nitrogen and oxygen atoms in total. The Morgan fingerprint density at radius 3 is 2.71 bits per heavy atom. The molecule has 0 aliphatic carbocycles. The summed E-state index contributed by atoms with van der Waals surface area (Å²) in [5, 5.41) is 5.95. The highest BCUT2D eigenvalue weighted by Crippen LogP contribution is 2.16. The lowest BCUT2D eigenvalue weighted by atomic mass is 10.2. The van der Waals surface area contributed by atoms with Crippen LogP contribution in [-0.2, 0) is 9.59 Å². The lowest BCUT2D eigenvalue weighted by molar-refractivity contribution is -0.135. The van der Waals surface area contributed by atoms with Gasteiger partial charge in [0.05, 0.1) is 13.1 Å². The van der Waals surface area contributed by atoms with Crippen molar-refractivity contribution in [3.05, 3.63) is 0 Å². The summed E-state index contributed by atoms with van der Waals surface area (Å²) >= 11 is 0. The van der Waals surface area contributed by atoms with E-state index in [1.807, 2.05) is 14.0 Å². The van der Waals surface area contributed by atoms with Crippen LogP contribution < -0.4 is 10.6 Å². The number of rotatable bonds is 8. The maximum Gasteiger partial charge on any atom is 0.239 e. The molecule has 124 valence electrons. The smallest absolute Gasteiger partial charge is 0.239 e. The summed E-state index contributed by atoms with van der Waals surface area (Å²) in [7, 11) is 3.62. The number of carbonyl (C=O) groups excluding carboxylic acids is 2. The van der Waals surface area contributed by atoms with Crippen molar-refractivity contribution >= 4 is 24.2 Å². The Labute approximate surface area is 134 Å². The fourth-order valence-corrected chi connectivity index (χ4v) is 2.49. The number of hydrogen-bond donors (Lipinski definition) is 2. The summed E-state index contributed by atoms with van der Waals surface area (Å²) in [6.45, 7) is 5.09. The number of nitrogens with zero attached hydrogens (tertiary/aromatic N) is 2. The van der Waals surface area contributed by atoms with Crippen LogP contribution in [0.15, 0.2) is 0 Å². The minimum Gasteiger partial charge on any atom is -0.355 e. The maximum absolute atomic E-state index is 12.1. The molecule has 2 amide bonds. The van der Waals surface area contributed by atoms with Crippen molar-refractivity contribution in [2.24, 2.45) is 0 Å². The first-order chi connectivity index (χ1) is 9.58. The third-order valence-electron chi connectivity index (χ3n) is 3.66. The SMILES string of the molecule is CCCNC(=O)CN(C)C(=O)CN1CCCC1CNC.Cl. The number of likely N-dealkylation sites (N-methyl/N-ethyl adjacent to an activating group) is 2. The van der Waals surface area contributed by atoms with Crippen LogP contribution >= 0.6 is 12.4 Å². The van der Waals surface area contributed by atoms with Crippen molar-refractivity contribution in [3.8, 4) is 0 Å². The molecule has 0 aromatic heterocycles. The standard InChI is InChI=1S/C14H28N4O2.ClH/c1-4-7-16-13(19)10-17(3)14(20)11-18-8-5-6-12(18)9-15-2;/h12,15H,4-11H2,1-3H3,(H,16,19);1H. The van der Waals surface area contributed by atoms with Gasteiger partial charge in [-0.05, 0) is 32.9 Å². The van der Waals surface area contributed by atoms with E-state index in [1.54, 1.807) is 7.05 Å². The van der Waals surface area contributed by atoms with Gasteiger partial charge in [0.15, 0.2) is 0 Å². The van der Waals surface area contributed by atoms with Crippen molar-refractivity contribution in [2.45, 2.75) is 32.2 Å². The Morgan fingerprint density at radius 2 is 2.10 bits per heavy atom. The van der Waals surface area contributed by atoms with E-state index < -0.39 is 0 Å². The van der Waals surface area contributed by atoms with Gasteiger partial charge < -0.3 is 15.5 Å². The summed E-state index contributed by atoms with van der Waals surface area (Å²) in [5.74, 6) is -0.0736. The van der Waals surface area contributed by atoms with E-state index in [9.17, 15) is 9.59 Å². The molecule has 1 atom stereocenters. The van der Waals surface area contributed by atoms with Gasteiger partial charge >= 0.3 is 0 Å². The van der Waals surface area contributed by atoms with Crippen LogP contribution in [0.3, 0.4) is 0 Å². The Kier molecular flexibility index (Phi) is 10.4. The molecule has 1 saturated heterocycles. The Balaban J connectivity index is 0.00000400. The molecule has 1 unspecified atom stereocenters. The number of carbonyl (C=O) groups is 2. The fraction of sp³-hybridized carbons (Fsp3) is 0.857. The molecule has 0 saturated carbocycles. The topological polar surface area (TPSA) is 64.7 Å². The highest BCUT2D eigenvalue weighted by Gasteiger charge is 2.26. The second-order valence-corrected chi connectivity index (χ2v) is 5.42. The maximum atomic E-state index is 12.1. The van der Waals surface area contributed by atoms with Crippen LogP contribution in [-0.4, -0.2) is 74.5 Å². The van der Waals surface area contributed by atoms with Gasteiger partial charge in [-0.25, -0.2) is 0 Å². The molecule has 0 radical (unpaired) electrons. The molecule has 1 aliphatic heterocycles. The molecule has 21 heavy (non-hydrogen) atoms. The second kappa shape index (κ2) is 10.8. The first-order valence-electron chi connectivity index (χ1n) is 7.47. The van der Waals surface area contributed by atoms with Crippen molar-refractivity contribution in [1.29, 1.82) is 0 Å². The summed E-state index contributed by atoms with van der Waals surface area (Å²) in [4.78, 5) is 27.5. The van der Waals surface area contributed by atoms with Crippen molar-refractivity contribution in [3.63, 3.8) is 0 Å². The first-order valence-corrected chi connectivity index (χ1v) is 7.47. The van der Waals surface area contributed by atoms with E-state index in [0.717, 1.165) is 32.4 Å². The largest absolute Gasteiger partial charge is 0.355 e. The Hall–Kier alpha value is -0.850. The van der Waals surface area contributed by atoms with E-state index in [1.165, 1.54) is 4.90 Å². The molecular formula is C14H29ClN4O2. The zero-order valence-electron chi connectivity index (χ0n) is 13.4. The van der Waals surface area contributed by atoms with Gasteiger partial charge in [-0.2, -0.15) is 0 Å². The molecule has 0 spiro atoms. The monoisotopic (exact) mass is 320 g/mol. The van der Waals surface area contributed by atoms with Crippen LogP contribution in [0.1, 0.15) is 26.2 Å². The zero-order valence-corrected chi connectivity index (χ0v) is 14.2. The average Bonchev–Trinajstić information content (AvgIpc) is 2.84. The third kappa shape index (κ3) is 7.11. The quantitative estimate of drug-likeness (QED) is 0.664. The minimum absolute atomic E-state index is 0.